The van der Waals surface area contributed by atoms with E-state index in [1.165, 1.54) is 19.3 Å². The van der Waals surface area contributed by atoms with Crippen LogP contribution in [0.15, 0.2) is 12.3 Å². The Balaban J connectivity index is 2.05. The van der Waals surface area contributed by atoms with Crippen LogP contribution in [0.5, 0.6) is 5.88 Å². The molecule has 1 heterocycles. The Hall–Kier alpha value is -1.36. The number of hydrogen-bond acceptors (Lipinski definition) is 5. The van der Waals surface area contributed by atoms with Crippen molar-refractivity contribution < 1.29 is 4.74 Å². The quantitative estimate of drug-likeness (QED) is 0.876. The summed E-state index contributed by atoms with van der Waals surface area (Å²) in [7, 11) is 5.85. The zero-order valence-electron chi connectivity index (χ0n) is 11.4. The topological polar surface area (TPSA) is 50.3 Å². The predicted octanol–water partition coefficient (Wildman–Crippen LogP) is 1.45. The molecular formula is C13H22N4O. The van der Waals surface area contributed by atoms with Gasteiger partial charge < -0.3 is 15.0 Å². The SMILES string of the molecule is CNC1CCCCC1Oc1ccnc(N(C)C)n1. The van der Waals surface area contributed by atoms with E-state index in [9.17, 15) is 0 Å². The Bertz CT molecular complexity index is 383. The van der Waals surface area contributed by atoms with Gasteiger partial charge in [-0.05, 0) is 26.3 Å². The molecule has 1 N–H and O–H groups in total. The van der Waals surface area contributed by atoms with Crippen LogP contribution in [-0.2, 0) is 0 Å². The summed E-state index contributed by atoms with van der Waals surface area (Å²) in [5.41, 5.74) is 0. The minimum absolute atomic E-state index is 0.216. The van der Waals surface area contributed by atoms with E-state index in [1.54, 1.807) is 6.20 Å². The summed E-state index contributed by atoms with van der Waals surface area (Å²) >= 11 is 0. The van der Waals surface area contributed by atoms with Crippen molar-refractivity contribution in [3.8, 4) is 5.88 Å². The van der Waals surface area contributed by atoms with Crippen LogP contribution in [0.2, 0.25) is 0 Å². The van der Waals surface area contributed by atoms with E-state index in [0.29, 0.717) is 17.9 Å². The van der Waals surface area contributed by atoms with E-state index in [4.69, 9.17) is 4.74 Å². The third kappa shape index (κ3) is 3.10. The van der Waals surface area contributed by atoms with Gasteiger partial charge in [-0.15, -0.1) is 0 Å². The van der Waals surface area contributed by atoms with Gasteiger partial charge in [-0.2, -0.15) is 4.98 Å². The second-order valence-corrected chi connectivity index (χ2v) is 4.93. The first-order valence-corrected chi connectivity index (χ1v) is 6.55. The maximum absolute atomic E-state index is 6.01. The van der Waals surface area contributed by atoms with Crippen molar-refractivity contribution >= 4 is 5.95 Å². The van der Waals surface area contributed by atoms with Gasteiger partial charge in [-0.25, -0.2) is 4.98 Å². The molecule has 2 atom stereocenters. The summed E-state index contributed by atoms with van der Waals surface area (Å²) in [6.45, 7) is 0. The molecule has 5 heteroatoms. The average Bonchev–Trinajstić information content (AvgIpc) is 2.39. The van der Waals surface area contributed by atoms with Gasteiger partial charge in [0.25, 0.3) is 0 Å². The smallest absolute Gasteiger partial charge is 0.228 e. The minimum Gasteiger partial charge on any atom is -0.473 e. The van der Waals surface area contributed by atoms with E-state index in [-0.39, 0.29) is 6.10 Å². The van der Waals surface area contributed by atoms with Crippen molar-refractivity contribution in [3.63, 3.8) is 0 Å². The highest BCUT2D eigenvalue weighted by molar-refractivity contribution is 5.29. The Labute approximate surface area is 109 Å². The van der Waals surface area contributed by atoms with Gasteiger partial charge >= 0.3 is 0 Å². The monoisotopic (exact) mass is 250 g/mol. The van der Waals surface area contributed by atoms with E-state index >= 15 is 0 Å². The maximum atomic E-state index is 6.01. The van der Waals surface area contributed by atoms with Crippen LogP contribution in [0, 0.1) is 0 Å². The Morgan fingerprint density at radius 3 is 2.83 bits per heavy atom. The molecule has 0 spiro atoms. The number of nitrogens with one attached hydrogen (secondary N) is 1. The third-order valence-electron chi connectivity index (χ3n) is 3.36. The predicted molar refractivity (Wildman–Crippen MR) is 72.1 cm³/mol. The lowest BCUT2D eigenvalue weighted by Crippen LogP contribution is -2.43. The summed E-state index contributed by atoms with van der Waals surface area (Å²) in [6.07, 6.45) is 6.73. The molecule has 2 rings (SSSR count). The van der Waals surface area contributed by atoms with Crippen molar-refractivity contribution in [2.75, 3.05) is 26.0 Å². The molecule has 1 aromatic rings. The molecule has 0 saturated heterocycles. The minimum atomic E-state index is 0.216. The van der Waals surface area contributed by atoms with Crippen LogP contribution in [0.1, 0.15) is 25.7 Å². The fourth-order valence-corrected chi connectivity index (χ4v) is 2.34. The van der Waals surface area contributed by atoms with Gasteiger partial charge in [-0.3, -0.25) is 0 Å². The third-order valence-corrected chi connectivity index (χ3v) is 3.36. The lowest BCUT2D eigenvalue weighted by molar-refractivity contribution is 0.113. The molecule has 5 nitrogen and oxygen atoms in total. The van der Waals surface area contributed by atoms with E-state index in [2.05, 4.69) is 15.3 Å². The van der Waals surface area contributed by atoms with E-state index < -0.39 is 0 Å². The molecular weight excluding hydrogens is 228 g/mol. The number of anilines is 1. The molecule has 0 bridgehead atoms. The number of nitrogens with zero attached hydrogens (tertiary/aromatic N) is 3. The molecule has 100 valence electrons. The van der Waals surface area contributed by atoms with Crippen molar-refractivity contribution in [2.45, 2.75) is 37.8 Å². The van der Waals surface area contributed by atoms with Crippen LogP contribution in [-0.4, -0.2) is 43.3 Å². The fraction of sp³-hybridized carbons (Fsp3) is 0.692. The Morgan fingerprint density at radius 1 is 1.33 bits per heavy atom. The highest BCUT2D eigenvalue weighted by Crippen LogP contribution is 2.23. The number of ether oxygens (including phenoxy) is 1. The molecule has 1 aromatic heterocycles. The molecule has 0 aromatic carbocycles. The van der Waals surface area contributed by atoms with Gasteiger partial charge in [0.2, 0.25) is 11.8 Å². The first-order chi connectivity index (χ1) is 8.70. The van der Waals surface area contributed by atoms with Gasteiger partial charge in [-0.1, -0.05) is 6.42 Å². The van der Waals surface area contributed by atoms with E-state index in [0.717, 1.165) is 6.42 Å². The summed E-state index contributed by atoms with van der Waals surface area (Å²) in [5.74, 6) is 1.35. The average molecular weight is 250 g/mol. The molecule has 1 fully saturated rings. The van der Waals surface area contributed by atoms with Gasteiger partial charge in [0.15, 0.2) is 0 Å². The van der Waals surface area contributed by atoms with Crippen molar-refractivity contribution in [1.29, 1.82) is 0 Å². The summed E-state index contributed by atoms with van der Waals surface area (Å²) in [5, 5.41) is 3.33. The lowest BCUT2D eigenvalue weighted by atomic mass is 9.92. The van der Waals surface area contributed by atoms with E-state index in [1.807, 2.05) is 32.1 Å². The number of rotatable bonds is 4. The van der Waals surface area contributed by atoms with Crippen LogP contribution < -0.4 is 15.0 Å². The standard InChI is InChI=1S/C13H22N4O/c1-14-10-6-4-5-7-11(10)18-12-8-9-15-13(16-12)17(2)3/h8-11,14H,4-7H2,1-3H3. The van der Waals surface area contributed by atoms with Crippen LogP contribution >= 0.6 is 0 Å². The molecule has 18 heavy (non-hydrogen) atoms. The fourth-order valence-electron chi connectivity index (χ4n) is 2.34. The second-order valence-electron chi connectivity index (χ2n) is 4.93. The second kappa shape index (κ2) is 6.00. The summed E-state index contributed by atoms with van der Waals surface area (Å²) in [4.78, 5) is 10.5. The summed E-state index contributed by atoms with van der Waals surface area (Å²) in [6, 6.07) is 2.26. The highest BCUT2D eigenvalue weighted by Gasteiger charge is 2.25. The molecule has 0 amide bonds. The summed E-state index contributed by atoms with van der Waals surface area (Å²) < 4.78 is 6.01. The molecule has 2 unspecified atom stereocenters. The molecule has 1 aliphatic carbocycles. The van der Waals surface area contributed by atoms with Gasteiger partial charge in [0.1, 0.15) is 6.10 Å². The van der Waals surface area contributed by atoms with Crippen LogP contribution in [0.25, 0.3) is 0 Å². The van der Waals surface area contributed by atoms with Crippen molar-refractivity contribution in [2.24, 2.45) is 0 Å². The first-order valence-electron chi connectivity index (χ1n) is 6.55. The molecule has 0 radical (unpaired) electrons. The van der Waals surface area contributed by atoms with Crippen LogP contribution in [0.3, 0.4) is 0 Å². The Kier molecular flexibility index (Phi) is 4.36. The number of likely N-dealkylation sites (N-methyl/N-ethyl adjacent to an activating group) is 1. The Morgan fingerprint density at radius 2 is 2.11 bits per heavy atom. The first kappa shape index (κ1) is 13.1. The zero-order valence-corrected chi connectivity index (χ0v) is 11.4. The molecule has 1 saturated carbocycles. The van der Waals surface area contributed by atoms with Crippen LogP contribution in [0.4, 0.5) is 5.95 Å². The number of hydrogen-bond donors (Lipinski definition) is 1. The zero-order chi connectivity index (χ0) is 13.0. The normalized spacial score (nSPS) is 23.7. The number of aromatic nitrogens is 2. The van der Waals surface area contributed by atoms with Gasteiger partial charge in [0.05, 0.1) is 0 Å². The molecule has 0 aliphatic heterocycles. The lowest BCUT2D eigenvalue weighted by Gasteiger charge is -2.31. The van der Waals surface area contributed by atoms with Gasteiger partial charge in [0, 0.05) is 32.4 Å². The highest BCUT2D eigenvalue weighted by atomic mass is 16.5. The largest absolute Gasteiger partial charge is 0.473 e. The van der Waals surface area contributed by atoms with Crippen molar-refractivity contribution in [1.82, 2.24) is 15.3 Å². The maximum Gasteiger partial charge on any atom is 0.228 e. The van der Waals surface area contributed by atoms with Crippen molar-refractivity contribution in [3.05, 3.63) is 12.3 Å². The molecule has 1 aliphatic rings.